The van der Waals surface area contributed by atoms with Crippen LogP contribution in [0.2, 0.25) is 0 Å². The van der Waals surface area contributed by atoms with Gasteiger partial charge in [-0.3, -0.25) is 9.47 Å². The van der Waals surface area contributed by atoms with Gasteiger partial charge >= 0.3 is 0 Å². The van der Waals surface area contributed by atoms with Crippen molar-refractivity contribution in [3.8, 4) is 17.1 Å². The zero-order valence-electron chi connectivity index (χ0n) is 17.5. The first-order chi connectivity index (χ1) is 15.8. The maximum Gasteiger partial charge on any atom is 0.247 e. The van der Waals surface area contributed by atoms with E-state index in [0.717, 1.165) is 30.2 Å². The number of hydrogen-bond acceptors (Lipinski definition) is 7. The molecule has 0 bridgehead atoms. The molecule has 7 nitrogen and oxygen atoms in total. The number of nitrogens with zero attached hydrogens (tertiary/aromatic N) is 6. The molecule has 9 heteroatoms. The van der Waals surface area contributed by atoms with E-state index in [1.165, 1.54) is 43.2 Å². The van der Waals surface area contributed by atoms with Gasteiger partial charge in [0.15, 0.2) is 11.0 Å². The van der Waals surface area contributed by atoms with Crippen LogP contribution in [0.25, 0.3) is 17.1 Å². The monoisotopic (exact) mass is 450 g/mol. The van der Waals surface area contributed by atoms with Crippen molar-refractivity contribution in [2.45, 2.75) is 36.7 Å². The number of thioether (sulfide) groups is 1. The van der Waals surface area contributed by atoms with Gasteiger partial charge in [-0.25, -0.2) is 4.39 Å². The molecule has 32 heavy (non-hydrogen) atoms. The van der Waals surface area contributed by atoms with Gasteiger partial charge in [0.05, 0.1) is 12.3 Å². The predicted octanol–water partition coefficient (Wildman–Crippen LogP) is 4.73. The molecule has 3 heterocycles. The van der Waals surface area contributed by atoms with Crippen molar-refractivity contribution in [1.82, 2.24) is 29.9 Å². The molecule has 0 unspecified atom stereocenters. The van der Waals surface area contributed by atoms with Crippen molar-refractivity contribution in [2.24, 2.45) is 0 Å². The van der Waals surface area contributed by atoms with E-state index >= 15 is 0 Å². The Hall–Kier alpha value is -3.04. The van der Waals surface area contributed by atoms with E-state index in [2.05, 4.69) is 25.3 Å². The highest BCUT2D eigenvalue weighted by Crippen LogP contribution is 2.27. The van der Waals surface area contributed by atoms with Crippen molar-refractivity contribution in [1.29, 1.82) is 0 Å². The van der Waals surface area contributed by atoms with Crippen LogP contribution in [0.1, 0.15) is 31.0 Å². The summed E-state index contributed by atoms with van der Waals surface area (Å²) in [4.78, 5) is 2.39. The largest absolute Gasteiger partial charge is 0.420 e. The Morgan fingerprint density at radius 1 is 0.875 bits per heavy atom. The number of likely N-dealkylation sites (tertiary alicyclic amines) is 1. The van der Waals surface area contributed by atoms with Gasteiger partial charge < -0.3 is 4.42 Å². The maximum absolute atomic E-state index is 13.5. The number of rotatable bonds is 7. The molecule has 0 spiro atoms. The molecule has 1 saturated heterocycles. The van der Waals surface area contributed by atoms with Gasteiger partial charge in [0.1, 0.15) is 5.82 Å². The van der Waals surface area contributed by atoms with E-state index in [1.54, 1.807) is 12.1 Å². The van der Waals surface area contributed by atoms with E-state index in [1.807, 2.05) is 34.9 Å². The first-order valence-electron chi connectivity index (χ1n) is 10.7. The molecule has 0 atom stereocenters. The van der Waals surface area contributed by atoms with Gasteiger partial charge in [-0.05, 0) is 62.3 Å². The fraction of sp³-hybridized carbons (Fsp3) is 0.304. The third-order valence-corrected chi connectivity index (χ3v) is 6.32. The molecule has 5 rings (SSSR count). The van der Waals surface area contributed by atoms with Crippen LogP contribution in [0.4, 0.5) is 4.39 Å². The van der Waals surface area contributed by atoms with Gasteiger partial charge in [0.2, 0.25) is 11.8 Å². The van der Waals surface area contributed by atoms with Gasteiger partial charge in [-0.15, -0.1) is 20.4 Å². The van der Waals surface area contributed by atoms with Gasteiger partial charge in [0.25, 0.3) is 0 Å². The van der Waals surface area contributed by atoms with Crippen molar-refractivity contribution in [3.05, 3.63) is 72.1 Å². The minimum Gasteiger partial charge on any atom is -0.420 e. The van der Waals surface area contributed by atoms with E-state index in [-0.39, 0.29) is 5.82 Å². The molecule has 1 aliphatic rings. The van der Waals surface area contributed by atoms with Crippen molar-refractivity contribution < 1.29 is 8.81 Å². The summed E-state index contributed by atoms with van der Waals surface area (Å²) in [5.41, 5.74) is 1.72. The molecular weight excluding hydrogens is 427 g/mol. The second kappa shape index (κ2) is 9.62. The number of piperidine rings is 1. The fourth-order valence-electron chi connectivity index (χ4n) is 3.80. The lowest BCUT2D eigenvalue weighted by atomic mass is 10.1. The lowest BCUT2D eigenvalue weighted by molar-refractivity contribution is 0.214. The Labute approximate surface area is 189 Å². The van der Waals surface area contributed by atoms with Gasteiger partial charge in [0, 0.05) is 11.3 Å². The standard InChI is InChI=1S/C23H23FN6OS/c24-18-9-11-19(12-10-18)30-20(15-29-13-5-2-6-14-29)25-28-23(30)32-16-21-26-27-22(31-21)17-7-3-1-4-8-17/h1,3-4,7-12H,2,5-6,13-16H2. The Kier molecular flexibility index (Phi) is 6.27. The van der Waals surface area contributed by atoms with Crippen LogP contribution in [0.15, 0.2) is 64.2 Å². The third-order valence-electron chi connectivity index (χ3n) is 5.41. The zero-order chi connectivity index (χ0) is 21.8. The topological polar surface area (TPSA) is 72.9 Å². The summed E-state index contributed by atoms with van der Waals surface area (Å²) in [5, 5.41) is 17.9. The number of benzene rings is 2. The first kappa shape index (κ1) is 20.8. The highest BCUT2D eigenvalue weighted by atomic mass is 32.2. The highest BCUT2D eigenvalue weighted by Gasteiger charge is 2.20. The van der Waals surface area contributed by atoms with E-state index in [4.69, 9.17) is 4.42 Å². The Balaban J connectivity index is 1.37. The van der Waals surface area contributed by atoms with Crippen LogP contribution < -0.4 is 0 Å². The normalized spacial score (nSPS) is 14.7. The fourth-order valence-corrected chi connectivity index (χ4v) is 4.61. The van der Waals surface area contributed by atoms with Crippen LogP contribution in [0.5, 0.6) is 0 Å². The summed E-state index contributed by atoms with van der Waals surface area (Å²) >= 11 is 1.47. The van der Waals surface area contributed by atoms with Crippen molar-refractivity contribution >= 4 is 11.8 Å². The molecule has 0 saturated carbocycles. The molecule has 1 aliphatic heterocycles. The summed E-state index contributed by atoms with van der Waals surface area (Å²) in [5.74, 6) is 2.04. The van der Waals surface area contributed by atoms with Crippen molar-refractivity contribution in [2.75, 3.05) is 13.1 Å². The average molecular weight is 451 g/mol. The van der Waals surface area contributed by atoms with Gasteiger partial charge in [-0.1, -0.05) is 36.4 Å². The van der Waals surface area contributed by atoms with E-state index in [0.29, 0.717) is 29.2 Å². The summed E-state index contributed by atoms with van der Waals surface area (Å²) in [6.07, 6.45) is 3.68. The van der Waals surface area contributed by atoms with Crippen LogP contribution in [-0.4, -0.2) is 43.0 Å². The van der Waals surface area contributed by atoms with Gasteiger partial charge in [-0.2, -0.15) is 0 Å². The summed E-state index contributed by atoms with van der Waals surface area (Å²) in [6, 6.07) is 16.1. The van der Waals surface area contributed by atoms with Crippen LogP contribution in [0, 0.1) is 5.82 Å². The second-order valence-electron chi connectivity index (χ2n) is 7.70. The summed E-state index contributed by atoms with van der Waals surface area (Å²) in [6.45, 7) is 2.83. The molecule has 0 N–H and O–H groups in total. The minimum atomic E-state index is -0.270. The molecule has 2 aromatic carbocycles. The molecule has 0 radical (unpaired) electrons. The molecule has 0 aliphatic carbocycles. The summed E-state index contributed by atoms with van der Waals surface area (Å²) < 4.78 is 21.3. The zero-order valence-corrected chi connectivity index (χ0v) is 18.3. The SMILES string of the molecule is Fc1ccc(-n2c(CN3CCCCC3)nnc2SCc2nnc(-c3ccccc3)o2)cc1. The first-order valence-corrected chi connectivity index (χ1v) is 11.7. The molecule has 164 valence electrons. The van der Waals surface area contributed by atoms with E-state index < -0.39 is 0 Å². The number of hydrogen-bond donors (Lipinski definition) is 0. The van der Waals surface area contributed by atoms with Crippen LogP contribution >= 0.6 is 11.8 Å². The lowest BCUT2D eigenvalue weighted by Gasteiger charge is -2.26. The van der Waals surface area contributed by atoms with E-state index in [9.17, 15) is 4.39 Å². The Bertz CT molecular complexity index is 1150. The smallest absolute Gasteiger partial charge is 0.247 e. The van der Waals surface area contributed by atoms with Crippen LogP contribution in [-0.2, 0) is 12.3 Å². The lowest BCUT2D eigenvalue weighted by Crippen LogP contribution is -2.30. The third kappa shape index (κ3) is 4.73. The Morgan fingerprint density at radius 3 is 2.44 bits per heavy atom. The number of aromatic nitrogens is 5. The highest BCUT2D eigenvalue weighted by molar-refractivity contribution is 7.98. The molecule has 1 fully saturated rings. The summed E-state index contributed by atoms with van der Waals surface area (Å²) in [7, 11) is 0. The quantitative estimate of drug-likeness (QED) is 0.377. The van der Waals surface area contributed by atoms with Crippen LogP contribution in [0.3, 0.4) is 0 Å². The average Bonchev–Trinajstić information content (AvgIpc) is 3.47. The van der Waals surface area contributed by atoms with Crippen molar-refractivity contribution in [3.63, 3.8) is 0 Å². The Morgan fingerprint density at radius 2 is 1.66 bits per heavy atom. The molecule has 4 aromatic rings. The molecule has 2 aromatic heterocycles. The predicted molar refractivity (Wildman–Crippen MR) is 120 cm³/mol. The molecule has 0 amide bonds. The second-order valence-corrected chi connectivity index (χ2v) is 8.65. The molecular formula is C23H23FN6OS. The minimum absolute atomic E-state index is 0.270. The number of halogens is 1. The maximum atomic E-state index is 13.5.